The van der Waals surface area contributed by atoms with Gasteiger partial charge in [-0.05, 0) is 38.7 Å². The largest absolute Gasteiger partial charge is 0.479 e. The number of aryl methyl sites for hydroxylation is 2. The van der Waals surface area contributed by atoms with E-state index in [1.54, 1.807) is 11.8 Å². The van der Waals surface area contributed by atoms with Gasteiger partial charge in [-0.1, -0.05) is 29.8 Å². The minimum absolute atomic E-state index is 0.0234. The van der Waals surface area contributed by atoms with Gasteiger partial charge in [0.2, 0.25) is 5.91 Å². The molecule has 0 radical (unpaired) electrons. The van der Waals surface area contributed by atoms with Gasteiger partial charge in [0, 0.05) is 13.0 Å². The van der Waals surface area contributed by atoms with Crippen LogP contribution in [0.25, 0.3) is 0 Å². The van der Waals surface area contributed by atoms with Gasteiger partial charge in [0.15, 0.2) is 6.10 Å². The maximum atomic E-state index is 12.2. The number of benzene rings is 1. The molecular formula is C18H25NO4. The number of aliphatic carboxylic acids is 1. The third-order valence-corrected chi connectivity index (χ3v) is 4.12. The smallest absolute Gasteiger partial charge is 0.334 e. The monoisotopic (exact) mass is 319 g/mol. The SMILES string of the molecule is Cc1ccc(CCCCC(=O)N2CC(C(=O)O)O[C@H](C)C2)cc1. The van der Waals surface area contributed by atoms with Crippen LogP contribution in [0.3, 0.4) is 0 Å². The molecule has 1 N–H and O–H groups in total. The molecule has 1 fully saturated rings. The van der Waals surface area contributed by atoms with Crippen LogP contribution >= 0.6 is 0 Å². The van der Waals surface area contributed by atoms with E-state index in [0.717, 1.165) is 19.3 Å². The van der Waals surface area contributed by atoms with Gasteiger partial charge < -0.3 is 14.7 Å². The molecule has 0 bridgehead atoms. The number of carboxylic acids is 1. The van der Waals surface area contributed by atoms with Crippen molar-refractivity contribution in [2.75, 3.05) is 13.1 Å². The summed E-state index contributed by atoms with van der Waals surface area (Å²) in [5, 5.41) is 9.05. The summed E-state index contributed by atoms with van der Waals surface area (Å²) in [6.07, 6.45) is 2.06. The van der Waals surface area contributed by atoms with Gasteiger partial charge in [0.05, 0.1) is 12.6 Å². The van der Waals surface area contributed by atoms with E-state index in [1.165, 1.54) is 11.1 Å². The molecular weight excluding hydrogens is 294 g/mol. The van der Waals surface area contributed by atoms with E-state index < -0.39 is 12.1 Å². The third-order valence-electron chi connectivity index (χ3n) is 4.12. The first-order chi connectivity index (χ1) is 11.0. The van der Waals surface area contributed by atoms with Crippen molar-refractivity contribution >= 4 is 11.9 Å². The molecule has 1 aromatic rings. The zero-order valence-corrected chi connectivity index (χ0v) is 13.8. The number of carbonyl (C=O) groups excluding carboxylic acids is 1. The molecule has 2 rings (SSSR count). The molecule has 1 saturated heterocycles. The van der Waals surface area contributed by atoms with Gasteiger partial charge in [-0.25, -0.2) is 4.79 Å². The van der Waals surface area contributed by atoms with Gasteiger partial charge in [-0.2, -0.15) is 0 Å². The summed E-state index contributed by atoms with van der Waals surface area (Å²) < 4.78 is 5.33. The fraction of sp³-hybridized carbons (Fsp3) is 0.556. The van der Waals surface area contributed by atoms with Crippen molar-refractivity contribution in [3.8, 4) is 0 Å². The first kappa shape index (κ1) is 17.5. The number of hydrogen-bond acceptors (Lipinski definition) is 3. The van der Waals surface area contributed by atoms with Crippen LogP contribution in [-0.4, -0.2) is 47.2 Å². The Morgan fingerprint density at radius 3 is 2.57 bits per heavy atom. The molecule has 5 nitrogen and oxygen atoms in total. The van der Waals surface area contributed by atoms with Crippen LogP contribution in [0.4, 0.5) is 0 Å². The van der Waals surface area contributed by atoms with E-state index >= 15 is 0 Å². The minimum atomic E-state index is -1.01. The fourth-order valence-electron chi connectivity index (χ4n) is 2.81. The number of carbonyl (C=O) groups is 2. The molecule has 126 valence electrons. The molecule has 1 heterocycles. The molecule has 1 aromatic carbocycles. The van der Waals surface area contributed by atoms with Crippen LogP contribution in [-0.2, 0) is 20.7 Å². The normalized spacial score (nSPS) is 21.2. The highest BCUT2D eigenvalue weighted by atomic mass is 16.5. The molecule has 5 heteroatoms. The number of amides is 1. The van der Waals surface area contributed by atoms with E-state index in [9.17, 15) is 9.59 Å². The molecule has 2 atom stereocenters. The maximum absolute atomic E-state index is 12.2. The van der Waals surface area contributed by atoms with Gasteiger partial charge in [-0.3, -0.25) is 4.79 Å². The van der Waals surface area contributed by atoms with Gasteiger partial charge in [0.1, 0.15) is 0 Å². The summed E-state index contributed by atoms with van der Waals surface area (Å²) >= 11 is 0. The molecule has 1 unspecified atom stereocenters. The Labute approximate surface area is 137 Å². The van der Waals surface area contributed by atoms with Crippen LogP contribution in [0.1, 0.15) is 37.3 Å². The molecule has 0 spiro atoms. The Balaban J connectivity index is 1.73. The van der Waals surface area contributed by atoms with Crippen molar-refractivity contribution < 1.29 is 19.4 Å². The van der Waals surface area contributed by atoms with E-state index in [1.807, 2.05) is 0 Å². The Bertz CT molecular complexity index is 540. The number of nitrogens with zero attached hydrogens (tertiary/aromatic N) is 1. The number of unbranched alkanes of at least 4 members (excludes halogenated alkanes) is 1. The summed E-state index contributed by atoms with van der Waals surface area (Å²) in [5.74, 6) is -0.982. The van der Waals surface area contributed by atoms with Crippen LogP contribution in [0.15, 0.2) is 24.3 Å². The summed E-state index contributed by atoms with van der Waals surface area (Å²) in [4.78, 5) is 24.9. The third kappa shape index (κ3) is 5.36. The summed E-state index contributed by atoms with van der Waals surface area (Å²) in [6.45, 7) is 4.49. The fourth-order valence-corrected chi connectivity index (χ4v) is 2.81. The van der Waals surface area contributed by atoms with Crippen molar-refractivity contribution in [3.63, 3.8) is 0 Å². The van der Waals surface area contributed by atoms with Crippen molar-refractivity contribution in [3.05, 3.63) is 35.4 Å². The lowest BCUT2D eigenvalue weighted by molar-refractivity contribution is -0.166. The highest BCUT2D eigenvalue weighted by Crippen LogP contribution is 2.14. The van der Waals surface area contributed by atoms with Crippen LogP contribution in [0, 0.1) is 6.92 Å². The molecule has 1 aliphatic rings. The number of rotatable bonds is 6. The van der Waals surface area contributed by atoms with Crippen molar-refractivity contribution in [2.24, 2.45) is 0 Å². The zero-order chi connectivity index (χ0) is 16.8. The minimum Gasteiger partial charge on any atom is -0.479 e. The topological polar surface area (TPSA) is 66.8 Å². The number of morpholine rings is 1. The first-order valence-electron chi connectivity index (χ1n) is 8.17. The predicted molar refractivity (Wildman–Crippen MR) is 87.3 cm³/mol. The molecule has 0 aromatic heterocycles. The average molecular weight is 319 g/mol. The molecule has 1 aliphatic heterocycles. The Morgan fingerprint density at radius 2 is 1.91 bits per heavy atom. The summed E-state index contributed by atoms with van der Waals surface area (Å²) in [5.41, 5.74) is 2.53. The van der Waals surface area contributed by atoms with Crippen LogP contribution in [0.2, 0.25) is 0 Å². The second-order valence-corrected chi connectivity index (χ2v) is 6.27. The van der Waals surface area contributed by atoms with Gasteiger partial charge >= 0.3 is 5.97 Å². The highest BCUT2D eigenvalue weighted by molar-refractivity contribution is 5.78. The van der Waals surface area contributed by atoms with E-state index in [4.69, 9.17) is 9.84 Å². The lowest BCUT2D eigenvalue weighted by Crippen LogP contribution is -2.51. The molecule has 0 aliphatic carbocycles. The first-order valence-corrected chi connectivity index (χ1v) is 8.17. The van der Waals surface area contributed by atoms with Crippen molar-refractivity contribution in [2.45, 2.75) is 51.7 Å². The Morgan fingerprint density at radius 1 is 1.22 bits per heavy atom. The predicted octanol–water partition coefficient (Wildman–Crippen LogP) is 2.41. The molecule has 1 amide bonds. The molecule has 23 heavy (non-hydrogen) atoms. The van der Waals surface area contributed by atoms with Gasteiger partial charge in [-0.15, -0.1) is 0 Å². The van der Waals surface area contributed by atoms with Gasteiger partial charge in [0.25, 0.3) is 0 Å². The second kappa shape index (κ2) is 8.11. The quantitative estimate of drug-likeness (QED) is 0.818. The number of ether oxygens (including phenoxy) is 1. The standard InChI is InChI=1S/C18H25NO4/c1-13-7-9-15(10-8-13)5-3-4-6-17(20)19-11-14(2)23-16(12-19)18(21)22/h7-10,14,16H,3-6,11-12H2,1-2H3,(H,21,22)/t14-,16?/m1/s1. The van der Waals surface area contributed by atoms with Crippen LogP contribution < -0.4 is 0 Å². The maximum Gasteiger partial charge on any atom is 0.334 e. The number of hydrogen-bond donors (Lipinski definition) is 1. The number of carboxylic acid groups (broad SMARTS) is 1. The lowest BCUT2D eigenvalue weighted by Gasteiger charge is -2.35. The zero-order valence-electron chi connectivity index (χ0n) is 13.8. The second-order valence-electron chi connectivity index (χ2n) is 6.27. The van der Waals surface area contributed by atoms with E-state index in [-0.39, 0.29) is 18.6 Å². The Kier molecular flexibility index (Phi) is 6.16. The summed E-state index contributed by atoms with van der Waals surface area (Å²) in [7, 11) is 0. The molecule has 0 saturated carbocycles. The van der Waals surface area contributed by atoms with E-state index in [0.29, 0.717) is 13.0 Å². The Hall–Kier alpha value is -1.88. The van der Waals surface area contributed by atoms with Crippen molar-refractivity contribution in [1.82, 2.24) is 4.90 Å². The van der Waals surface area contributed by atoms with E-state index in [2.05, 4.69) is 31.2 Å². The average Bonchev–Trinajstić information content (AvgIpc) is 2.52. The lowest BCUT2D eigenvalue weighted by atomic mass is 10.1. The summed E-state index contributed by atoms with van der Waals surface area (Å²) in [6, 6.07) is 8.44. The highest BCUT2D eigenvalue weighted by Gasteiger charge is 2.32. The van der Waals surface area contributed by atoms with Crippen molar-refractivity contribution in [1.29, 1.82) is 0 Å². The van der Waals surface area contributed by atoms with Crippen LogP contribution in [0.5, 0.6) is 0 Å².